The van der Waals surface area contributed by atoms with E-state index in [9.17, 15) is 4.79 Å². The summed E-state index contributed by atoms with van der Waals surface area (Å²) < 4.78 is 5.37. The number of H-pyrrole nitrogens is 1. The number of para-hydroxylation sites is 1. The van der Waals surface area contributed by atoms with Gasteiger partial charge in [0.25, 0.3) is 5.91 Å². The lowest BCUT2D eigenvalue weighted by Crippen LogP contribution is -2.21. The van der Waals surface area contributed by atoms with Gasteiger partial charge in [-0.05, 0) is 18.6 Å². The molecule has 2 aromatic rings. The van der Waals surface area contributed by atoms with Crippen molar-refractivity contribution in [2.45, 2.75) is 6.92 Å². The van der Waals surface area contributed by atoms with Gasteiger partial charge >= 0.3 is 0 Å². The molecule has 1 heterocycles. The number of carbonyl (C=O) groups is 1. The molecule has 0 radical (unpaired) electrons. The number of carbonyl (C=O) groups excluding carboxylic acids is 1. The first-order chi connectivity index (χ1) is 8.25. The lowest BCUT2D eigenvalue weighted by Gasteiger charge is -2.07. The molecule has 1 aromatic carbocycles. The fourth-order valence-corrected chi connectivity index (χ4v) is 1.30. The van der Waals surface area contributed by atoms with Crippen LogP contribution in [0.3, 0.4) is 0 Å². The Hall–Kier alpha value is -2.37. The van der Waals surface area contributed by atoms with E-state index in [1.807, 2.05) is 31.2 Å². The largest absolute Gasteiger partial charge is 0.483 e. The fraction of sp³-hybridized carbons (Fsp3) is 0.182. The van der Waals surface area contributed by atoms with Gasteiger partial charge < -0.3 is 4.74 Å². The summed E-state index contributed by atoms with van der Waals surface area (Å²) >= 11 is 0. The van der Waals surface area contributed by atoms with Crippen molar-refractivity contribution in [3.63, 3.8) is 0 Å². The van der Waals surface area contributed by atoms with Crippen molar-refractivity contribution < 1.29 is 9.53 Å². The van der Waals surface area contributed by atoms with Crippen LogP contribution in [0.1, 0.15) is 5.56 Å². The Morgan fingerprint density at radius 2 is 2.29 bits per heavy atom. The number of nitrogens with one attached hydrogen (secondary N) is 2. The molecule has 0 aliphatic carbocycles. The summed E-state index contributed by atoms with van der Waals surface area (Å²) in [6.07, 6.45) is 1.32. The van der Waals surface area contributed by atoms with Gasteiger partial charge in [0, 0.05) is 0 Å². The number of hydrogen-bond acceptors (Lipinski definition) is 4. The summed E-state index contributed by atoms with van der Waals surface area (Å²) in [5.41, 5.74) is 0.986. The normalized spacial score (nSPS) is 9.94. The molecule has 2 N–H and O–H groups in total. The monoisotopic (exact) mass is 232 g/mol. The second-order valence-corrected chi connectivity index (χ2v) is 3.44. The number of ether oxygens (including phenoxy) is 1. The van der Waals surface area contributed by atoms with Gasteiger partial charge in [-0.1, -0.05) is 18.2 Å². The summed E-state index contributed by atoms with van der Waals surface area (Å²) in [6, 6.07) is 7.51. The molecule has 0 saturated carbocycles. The van der Waals surface area contributed by atoms with E-state index >= 15 is 0 Å². The van der Waals surface area contributed by atoms with Crippen molar-refractivity contribution in [2.75, 3.05) is 11.9 Å². The van der Waals surface area contributed by atoms with Crippen molar-refractivity contribution in [2.24, 2.45) is 0 Å². The maximum Gasteiger partial charge on any atom is 0.264 e. The van der Waals surface area contributed by atoms with E-state index in [4.69, 9.17) is 4.74 Å². The third-order valence-corrected chi connectivity index (χ3v) is 2.13. The SMILES string of the molecule is Cc1ccccc1OCC(=O)Nc1ncn[nH]1. The molecule has 0 unspecified atom stereocenters. The number of rotatable bonds is 4. The third-order valence-electron chi connectivity index (χ3n) is 2.13. The number of nitrogens with zero attached hydrogens (tertiary/aromatic N) is 2. The predicted octanol–water partition coefficient (Wildman–Crippen LogP) is 1.13. The zero-order chi connectivity index (χ0) is 12.1. The fourth-order valence-electron chi connectivity index (χ4n) is 1.30. The molecule has 0 bridgehead atoms. The van der Waals surface area contributed by atoms with E-state index in [1.165, 1.54) is 6.33 Å². The van der Waals surface area contributed by atoms with Crippen molar-refractivity contribution in [1.82, 2.24) is 15.2 Å². The summed E-state index contributed by atoms with van der Waals surface area (Å²) in [5.74, 6) is 0.716. The molecule has 0 atom stereocenters. The third kappa shape index (κ3) is 3.04. The standard InChI is InChI=1S/C11H12N4O2/c1-8-4-2-3-5-9(8)17-6-10(16)14-11-12-7-13-15-11/h2-5,7H,6H2,1H3,(H2,12,13,14,15,16). The van der Waals surface area contributed by atoms with Crippen molar-refractivity contribution >= 4 is 11.9 Å². The van der Waals surface area contributed by atoms with Crippen LogP contribution in [0.2, 0.25) is 0 Å². The van der Waals surface area contributed by atoms with Crippen LogP contribution in [0.25, 0.3) is 0 Å². The van der Waals surface area contributed by atoms with Crippen LogP contribution < -0.4 is 10.1 Å². The first kappa shape index (κ1) is 11.1. The molecule has 6 heteroatoms. The van der Waals surface area contributed by atoms with E-state index in [0.29, 0.717) is 11.7 Å². The summed E-state index contributed by atoms with van der Waals surface area (Å²) in [6.45, 7) is 1.86. The quantitative estimate of drug-likeness (QED) is 0.828. The predicted molar refractivity (Wildman–Crippen MR) is 61.7 cm³/mol. The highest BCUT2D eigenvalue weighted by Crippen LogP contribution is 2.15. The Bertz CT molecular complexity index is 496. The van der Waals surface area contributed by atoms with E-state index in [-0.39, 0.29) is 12.5 Å². The molecule has 6 nitrogen and oxygen atoms in total. The Morgan fingerprint density at radius 1 is 1.47 bits per heavy atom. The first-order valence-corrected chi connectivity index (χ1v) is 5.09. The van der Waals surface area contributed by atoms with Crippen molar-refractivity contribution in [1.29, 1.82) is 0 Å². The smallest absolute Gasteiger partial charge is 0.264 e. The van der Waals surface area contributed by atoms with E-state index < -0.39 is 0 Å². The van der Waals surface area contributed by atoms with Gasteiger partial charge in [-0.25, -0.2) is 5.10 Å². The lowest BCUT2D eigenvalue weighted by molar-refractivity contribution is -0.118. The average Bonchev–Trinajstić information content (AvgIpc) is 2.81. The minimum Gasteiger partial charge on any atom is -0.483 e. The maximum atomic E-state index is 11.5. The minimum absolute atomic E-state index is 0.0639. The number of aromatic amines is 1. The summed E-state index contributed by atoms with van der Waals surface area (Å²) in [5, 5.41) is 8.66. The molecule has 2 rings (SSSR count). The number of anilines is 1. The molecule has 0 aliphatic rings. The zero-order valence-corrected chi connectivity index (χ0v) is 9.30. The van der Waals surface area contributed by atoms with Crippen molar-refractivity contribution in [3.05, 3.63) is 36.2 Å². The summed E-state index contributed by atoms with van der Waals surface area (Å²) in [4.78, 5) is 15.2. The molecule has 0 saturated heterocycles. The summed E-state index contributed by atoms with van der Waals surface area (Å²) in [7, 11) is 0. The van der Waals surface area contributed by atoms with E-state index in [0.717, 1.165) is 5.56 Å². The highest BCUT2D eigenvalue weighted by atomic mass is 16.5. The molecular weight excluding hydrogens is 220 g/mol. The van der Waals surface area contributed by atoms with E-state index in [1.54, 1.807) is 0 Å². The molecule has 0 spiro atoms. The van der Waals surface area contributed by atoms with Crippen LogP contribution in [0, 0.1) is 6.92 Å². The Morgan fingerprint density at radius 3 is 3.00 bits per heavy atom. The number of aryl methyl sites for hydroxylation is 1. The van der Waals surface area contributed by atoms with Gasteiger partial charge in [-0.2, -0.15) is 10.1 Å². The topological polar surface area (TPSA) is 79.9 Å². The number of aromatic nitrogens is 3. The molecule has 1 aromatic heterocycles. The van der Waals surface area contributed by atoms with Crippen molar-refractivity contribution in [3.8, 4) is 5.75 Å². The Balaban J connectivity index is 1.86. The minimum atomic E-state index is -0.287. The molecule has 88 valence electrons. The van der Waals surface area contributed by atoms with Gasteiger partial charge in [0.05, 0.1) is 0 Å². The van der Waals surface area contributed by atoms with Crippen LogP contribution in [0.4, 0.5) is 5.95 Å². The van der Waals surface area contributed by atoms with Crippen LogP contribution in [-0.2, 0) is 4.79 Å². The van der Waals surface area contributed by atoms with Crippen LogP contribution in [0.15, 0.2) is 30.6 Å². The Kier molecular flexibility index (Phi) is 3.34. The van der Waals surface area contributed by atoms with Gasteiger partial charge in [0.1, 0.15) is 12.1 Å². The highest BCUT2D eigenvalue weighted by Gasteiger charge is 2.06. The maximum absolute atomic E-state index is 11.5. The number of hydrogen-bond donors (Lipinski definition) is 2. The molecule has 1 amide bonds. The van der Waals surface area contributed by atoms with Crippen LogP contribution in [-0.4, -0.2) is 27.7 Å². The Labute approximate surface area is 98.0 Å². The number of amides is 1. The van der Waals surface area contributed by atoms with Gasteiger partial charge in [-0.3, -0.25) is 10.1 Å². The first-order valence-electron chi connectivity index (χ1n) is 5.09. The molecule has 0 fully saturated rings. The second kappa shape index (κ2) is 5.11. The lowest BCUT2D eigenvalue weighted by atomic mass is 10.2. The van der Waals surface area contributed by atoms with E-state index in [2.05, 4.69) is 20.5 Å². The molecular formula is C11H12N4O2. The van der Waals surface area contributed by atoms with Gasteiger partial charge in [0.15, 0.2) is 6.61 Å². The highest BCUT2D eigenvalue weighted by molar-refractivity contribution is 5.90. The number of benzene rings is 1. The molecule has 17 heavy (non-hydrogen) atoms. The second-order valence-electron chi connectivity index (χ2n) is 3.44. The molecule has 0 aliphatic heterocycles. The van der Waals surface area contributed by atoms with Gasteiger partial charge in [-0.15, -0.1) is 0 Å². The van der Waals surface area contributed by atoms with Gasteiger partial charge in [0.2, 0.25) is 5.95 Å². The average molecular weight is 232 g/mol. The van der Waals surface area contributed by atoms with Crippen LogP contribution >= 0.6 is 0 Å². The zero-order valence-electron chi connectivity index (χ0n) is 9.30. The van der Waals surface area contributed by atoms with Crippen LogP contribution in [0.5, 0.6) is 5.75 Å².